The minimum atomic E-state index is -0.547. The number of ether oxygens (including phenoxy) is 1. The van der Waals surface area contributed by atoms with Crippen molar-refractivity contribution in [3.8, 4) is 0 Å². The first kappa shape index (κ1) is 15.8. The fraction of sp³-hybridized carbons (Fsp3) is 0.733. The number of aryl methyl sites for hydroxylation is 2. The number of carbonyl (C=O) groups excluding carboxylic acids is 1. The number of amides is 1. The van der Waals surface area contributed by atoms with Crippen LogP contribution in [0.15, 0.2) is 6.20 Å². The van der Waals surface area contributed by atoms with Crippen molar-refractivity contribution in [3.63, 3.8) is 0 Å². The summed E-state index contributed by atoms with van der Waals surface area (Å²) in [7, 11) is 1.87. The van der Waals surface area contributed by atoms with Crippen LogP contribution in [0.5, 0.6) is 0 Å². The van der Waals surface area contributed by atoms with Gasteiger partial charge in [0.15, 0.2) is 0 Å². The molecule has 1 N–H and O–H groups in total. The van der Waals surface area contributed by atoms with Crippen molar-refractivity contribution in [2.75, 3.05) is 6.61 Å². The fourth-order valence-electron chi connectivity index (χ4n) is 2.90. The van der Waals surface area contributed by atoms with E-state index in [0.717, 1.165) is 24.1 Å². The number of carbonyl (C=O) groups is 1. The zero-order valence-electron chi connectivity index (χ0n) is 13.5. The number of likely N-dealkylation sites (tertiary alicyclic amines) is 1. The Bertz CT molecular complexity index is 519. The Hall–Kier alpha value is -1.56. The molecule has 2 atom stereocenters. The maximum Gasteiger partial charge on any atom is 0.411 e. The lowest BCUT2D eigenvalue weighted by atomic mass is 10.1. The third-order valence-corrected chi connectivity index (χ3v) is 3.73. The van der Waals surface area contributed by atoms with Crippen LogP contribution < -0.4 is 0 Å². The summed E-state index contributed by atoms with van der Waals surface area (Å²) in [6, 6.07) is -0.268. The second-order valence-electron chi connectivity index (χ2n) is 6.66. The first-order valence-electron chi connectivity index (χ1n) is 7.35. The van der Waals surface area contributed by atoms with E-state index in [2.05, 4.69) is 5.10 Å². The maximum absolute atomic E-state index is 12.5. The molecule has 0 spiro atoms. The lowest BCUT2D eigenvalue weighted by molar-refractivity contribution is 0.00864. The summed E-state index contributed by atoms with van der Waals surface area (Å²) in [6.07, 6.45) is 3.16. The highest BCUT2D eigenvalue weighted by atomic mass is 16.6. The van der Waals surface area contributed by atoms with E-state index in [1.165, 1.54) is 0 Å². The Kier molecular flexibility index (Phi) is 4.27. The third kappa shape index (κ3) is 3.37. The van der Waals surface area contributed by atoms with E-state index in [1.54, 1.807) is 9.58 Å². The highest BCUT2D eigenvalue weighted by Crippen LogP contribution is 2.38. The van der Waals surface area contributed by atoms with Gasteiger partial charge in [0.1, 0.15) is 5.60 Å². The van der Waals surface area contributed by atoms with Gasteiger partial charge in [0.25, 0.3) is 0 Å². The molecular weight excluding hydrogens is 270 g/mol. The highest BCUT2D eigenvalue weighted by molar-refractivity contribution is 5.70. The number of nitrogens with zero attached hydrogens (tertiary/aromatic N) is 3. The molecule has 1 saturated heterocycles. The number of hydrogen-bond donors (Lipinski definition) is 1. The van der Waals surface area contributed by atoms with Crippen LogP contribution in [0, 0.1) is 6.92 Å². The number of rotatable bonds is 2. The molecule has 2 heterocycles. The van der Waals surface area contributed by atoms with E-state index in [1.807, 2.05) is 40.9 Å². The van der Waals surface area contributed by atoms with Gasteiger partial charge < -0.3 is 9.84 Å². The zero-order chi connectivity index (χ0) is 15.8. The first-order valence-corrected chi connectivity index (χ1v) is 7.35. The summed E-state index contributed by atoms with van der Waals surface area (Å²) >= 11 is 0. The quantitative estimate of drug-likeness (QED) is 0.908. The van der Waals surface area contributed by atoms with Crippen LogP contribution in [0.4, 0.5) is 4.79 Å². The van der Waals surface area contributed by atoms with Gasteiger partial charge in [-0.3, -0.25) is 9.58 Å². The van der Waals surface area contributed by atoms with Gasteiger partial charge in [-0.25, -0.2) is 4.79 Å². The van der Waals surface area contributed by atoms with Crippen molar-refractivity contribution in [1.82, 2.24) is 14.7 Å². The zero-order valence-corrected chi connectivity index (χ0v) is 13.5. The molecule has 2 unspecified atom stereocenters. The van der Waals surface area contributed by atoms with Crippen LogP contribution in [0.2, 0.25) is 0 Å². The second kappa shape index (κ2) is 5.67. The molecule has 0 aromatic carbocycles. The maximum atomic E-state index is 12.5. The van der Waals surface area contributed by atoms with Crippen molar-refractivity contribution in [1.29, 1.82) is 0 Å². The molecule has 1 aromatic rings. The molecule has 118 valence electrons. The van der Waals surface area contributed by atoms with Gasteiger partial charge in [-0.15, -0.1) is 0 Å². The van der Waals surface area contributed by atoms with Crippen LogP contribution in [-0.2, 0) is 11.8 Å². The van der Waals surface area contributed by atoms with Crippen LogP contribution in [0.1, 0.15) is 50.9 Å². The van der Waals surface area contributed by atoms with Crippen molar-refractivity contribution < 1.29 is 14.6 Å². The monoisotopic (exact) mass is 295 g/mol. The van der Waals surface area contributed by atoms with Gasteiger partial charge in [0.2, 0.25) is 0 Å². The lowest BCUT2D eigenvalue weighted by Gasteiger charge is -2.32. The Morgan fingerprint density at radius 3 is 2.62 bits per heavy atom. The van der Waals surface area contributed by atoms with Crippen molar-refractivity contribution in [2.24, 2.45) is 7.05 Å². The number of aromatic nitrogens is 2. The number of hydrogen-bond acceptors (Lipinski definition) is 4. The molecule has 0 radical (unpaired) electrons. The summed E-state index contributed by atoms with van der Waals surface area (Å²) in [6.45, 7) is 7.43. The smallest absolute Gasteiger partial charge is 0.411 e. The van der Waals surface area contributed by atoms with Crippen LogP contribution in [0.25, 0.3) is 0 Å². The minimum absolute atomic E-state index is 0.0466. The predicted molar refractivity (Wildman–Crippen MR) is 78.9 cm³/mol. The molecule has 1 aliphatic rings. The van der Waals surface area contributed by atoms with Crippen molar-refractivity contribution in [2.45, 2.75) is 58.2 Å². The van der Waals surface area contributed by atoms with Crippen molar-refractivity contribution in [3.05, 3.63) is 17.5 Å². The Morgan fingerprint density at radius 2 is 2.14 bits per heavy atom. The molecule has 1 fully saturated rings. The summed E-state index contributed by atoms with van der Waals surface area (Å²) < 4.78 is 7.25. The first-order chi connectivity index (χ1) is 9.73. The van der Waals surface area contributed by atoms with E-state index in [4.69, 9.17) is 4.74 Å². The van der Waals surface area contributed by atoms with E-state index in [-0.39, 0.29) is 24.8 Å². The van der Waals surface area contributed by atoms with Gasteiger partial charge in [0.05, 0.1) is 24.4 Å². The Labute approximate surface area is 125 Å². The topological polar surface area (TPSA) is 67.6 Å². The highest BCUT2D eigenvalue weighted by Gasteiger charge is 2.40. The molecule has 1 aromatic heterocycles. The molecular formula is C15H25N3O3. The van der Waals surface area contributed by atoms with Gasteiger partial charge >= 0.3 is 6.09 Å². The second-order valence-corrected chi connectivity index (χ2v) is 6.66. The molecule has 21 heavy (non-hydrogen) atoms. The number of aliphatic hydroxyl groups is 1. The van der Waals surface area contributed by atoms with Gasteiger partial charge in [-0.1, -0.05) is 0 Å². The van der Waals surface area contributed by atoms with Gasteiger partial charge in [-0.2, -0.15) is 5.10 Å². The summed E-state index contributed by atoms with van der Waals surface area (Å²) in [5, 5.41) is 13.9. The van der Waals surface area contributed by atoms with Crippen LogP contribution >= 0.6 is 0 Å². The van der Waals surface area contributed by atoms with E-state index >= 15 is 0 Å². The molecule has 1 aliphatic heterocycles. The summed E-state index contributed by atoms with van der Waals surface area (Å²) in [4.78, 5) is 14.2. The predicted octanol–water partition coefficient (Wildman–Crippen LogP) is 2.16. The fourth-order valence-corrected chi connectivity index (χ4v) is 2.90. The minimum Gasteiger partial charge on any atom is -0.444 e. The molecule has 2 rings (SSSR count). The van der Waals surface area contributed by atoms with Gasteiger partial charge in [0, 0.05) is 18.8 Å². The summed E-state index contributed by atoms with van der Waals surface area (Å²) in [5.74, 6) is 0. The standard InChI is InChI=1S/C15H25N3O3/c1-10-12(8-17(5)16-10)13-7-6-11(9-19)18(13)14(20)21-15(2,3)4/h8,11,13,19H,6-7,9H2,1-5H3. The Balaban J connectivity index is 2.28. The average molecular weight is 295 g/mol. The lowest BCUT2D eigenvalue weighted by Crippen LogP contribution is -2.42. The molecule has 6 heteroatoms. The number of aliphatic hydroxyl groups excluding tert-OH is 1. The summed E-state index contributed by atoms with van der Waals surface area (Å²) in [5.41, 5.74) is 1.39. The van der Waals surface area contributed by atoms with Crippen LogP contribution in [-0.4, -0.2) is 44.1 Å². The van der Waals surface area contributed by atoms with E-state index in [0.29, 0.717) is 0 Å². The van der Waals surface area contributed by atoms with E-state index in [9.17, 15) is 9.90 Å². The molecule has 0 bridgehead atoms. The molecule has 6 nitrogen and oxygen atoms in total. The SMILES string of the molecule is Cc1nn(C)cc1C1CCC(CO)N1C(=O)OC(C)(C)C. The Morgan fingerprint density at radius 1 is 1.48 bits per heavy atom. The van der Waals surface area contributed by atoms with E-state index < -0.39 is 5.60 Å². The normalized spacial score (nSPS) is 22.7. The third-order valence-electron chi connectivity index (χ3n) is 3.73. The van der Waals surface area contributed by atoms with Gasteiger partial charge in [-0.05, 0) is 40.5 Å². The molecule has 0 aliphatic carbocycles. The van der Waals surface area contributed by atoms with Crippen molar-refractivity contribution >= 4 is 6.09 Å². The molecule has 1 amide bonds. The largest absolute Gasteiger partial charge is 0.444 e. The molecule has 0 saturated carbocycles. The average Bonchev–Trinajstić information content (AvgIpc) is 2.89. The van der Waals surface area contributed by atoms with Crippen LogP contribution in [0.3, 0.4) is 0 Å².